The minimum Gasteiger partial charge on any atom is -0.494 e. The maximum absolute atomic E-state index is 12.1. The Morgan fingerprint density at radius 3 is 2.36 bits per heavy atom. The summed E-state index contributed by atoms with van der Waals surface area (Å²) in [6, 6.07) is 6.58. The normalized spacial score (nSPS) is 10.6. The zero-order chi connectivity index (χ0) is 19.2. The van der Waals surface area contributed by atoms with Gasteiger partial charge in [-0.2, -0.15) is 0 Å². The molecule has 0 fully saturated rings. The number of aliphatic carboxylic acids is 2. The highest BCUT2D eigenvalue weighted by molar-refractivity contribution is 6.08. The van der Waals surface area contributed by atoms with Gasteiger partial charge in [-0.25, -0.2) is 0 Å². The van der Waals surface area contributed by atoms with Crippen molar-refractivity contribution in [2.24, 2.45) is 5.92 Å². The summed E-state index contributed by atoms with van der Waals surface area (Å²) < 4.78 is 5.48. The van der Waals surface area contributed by atoms with Crippen molar-refractivity contribution in [3.05, 3.63) is 29.8 Å². The Morgan fingerprint density at radius 1 is 1.24 bits per heavy atom. The maximum atomic E-state index is 12.1. The summed E-state index contributed by atoms with van der Waals surface area (Å²) in [6.07, 6.45) is 7.00. The summed E-state index contributed by atoms with van der Waals surface area (Å²) in [5.41, 5.74) is 0.355. The molecular weight excluding hydrogens is 324 g/mol. The van der Waals surface area contributed by atoms with E-state index in [-0.39, 0.29) is 12.8 Å². The van der Waals surface area contributed by atoms with Gasteiger partial charge in [-0.3, -0.25) is 14.4 Å². The van der Waals surface area contributed by atoms with E-state index >= 15 is 0 Å². The van der Waals surface area contributed by atoms with Crippen molar-refractivity contribution in [1.29, 1.82) is 0 Å². The van der Waals surface area contributed by atoms with E-state index < -0.39 is 23.6 Å². The summed E-state index contributed by atoms with van der Waals surface area (Å²) in [4.78, 5) is 32.5. The van der Waals surface area contributed by atoms with E-state index in [0.717, 1.165) is 6.42 Å². The van der Waals surface area contributed by atoms with Crippen LogP contribution in [0, 0.1) is 18.3 Å². The molecule has 1 unspecified atom stereocenters. The molecule has 1 aromatic carbocycles. The number of carboxylic acid groups (broad SMARTS) is 2. The van der Waals surface area contributed by atoms with Gasteiger partial charge >= 0.3 is 11.9 Å². The van der Waals surface area contributed by atoms with Gasteiger partial charge in [0, 0.05) is 18.4 Å². The van der Waals surface area contributed by atoms with Crippen molar-refractivity contribution in [2.45, 2.75) is 39.5 Å². The molecule has 0 bridgehead atoms. The van der Waals surface area contributed by atoms with Gasteiger partial charge in [0.2, 0.25) is 0 Å². The molecule has 0 saturated carbocycles. The van der Waals surface area contributed by atoms with Crippen LogP contribution >= 0.6 is 0 Å². The number of hydrogen-bond donors (Lipinski definition) is 2. The first-order chi connectivity index (χ1) is 11.9. The van der Waals surface area contributed by atoms with Crippen molar-refractivity contribution >= 4 is 17.7 Å². The predicted octanol–water partition coefficient (Wildman–Crippen LogP) is 3.25. The zero-order valence-corrected chi connectivity index (χ0v) is 14.5. The van der Waals surface area contributed by atoms with Crippen molar-refractivity contribution in [2.75, 3.05) is 6.61 Å². The van der Waals surface area contributed by atoms with Gasteiger partial charge in [0.25, 0.3) is 0 Å². The van der Waals surface area contributed by atoms with Gasteiger partial charge in [0.1, 0.15) is 11.7 Å². The monoisotopic (exact) mass is 348 g/mol. The molecule has 136 valence electrons. The molecule has 1 aromatic rings. The molecule has 0 aromatic heterocycles. The number of ether oxygens (including phenoxy) is 1. The van der Waals surface area contributed by atoms with Gasteiger partial charge in [-0.15, -0.1) is 12.3 Å². The topological polar surface area (TPSA) is 101 Å². The number of carbonyl (C=O) groups is 3. The van der Waals surface area contributed by atoms with Crippen LogP contribution in [0.2, 0.25) is 0 Å². The number of terminal acetylenes is 1. The first kappa shape index (κ1) is 22.2. The fourth-order valence-electron chi connectivity index (χ4n) is 1.78. The molecule has 0 aliphatic rings. The van der Waals surface area contributed by atoms with E-state index in [0.29, 0.717) is 24.3 Å². The van der Waals surface area contributed by atoms with Crippen molar-refractivity contribution in [3.8, 4) is 18.1 Å². The second kappa shape index (κ2) is 12.6. The van der Waals surface area contributed by atoms with Crippen LogP contribution in [0.1, 0.15) is 49.9 Å². The van der Waals surface area contributed by atoms with Gasteiger partial charge in [0.15, 0.2) is 5.78 Å². The molecule has 1 rings (SSSR count). The lowest BCUT2D eigenvalue weighted by molar-refractivity contribution is -0.140. The first-order valence-electron chi connectivity index (χ1n) is 8.02. The quantitative estimate of drug-likeness (QED) is 0.307. The van der Waals surface area contributed by atoms with E-state index in [2.05, 4.69) is 5.92 Å². The van der Waals surface area contributed by atoms with Gasteiger partial charge < -0.3 is 14.9 Å². The Labute approximate surface area is 147 Å². The molecule has 0 aliphatic heterocycles. The number of rotatable bonds is 9. The zero-order valence-electron chi connectivity index (χ0n) is 14.5. The highest BCUT2D eigenvalue weighted by atomic mass is 16.5. The molecule has 6 heteroatoms. The van der Waals surface area contributed by atoms with Gasteiger partial charge in [-0.05, 0) is 25.0 Å². The van der Waals surface area contributed by atoms with Gasteiger partial charge in [0.05, 0.1) is 6.61 Å². The smallest absolute Gasteiger partial charge is 0.314 e. The summed E-state index contributed by atoms with van der Waals surface area (Å²) in [5, 5.41) is 16.7. The second-order valence-corrected chi connectivity index (χ2v) is 5.09. The standard InChI is InChI=1S/C16H18O4.C3H6O2/c1-3-5-6-10-20-13-9-7-8-12(11-13)15(17)14(4-2)16(18)19;1-2-3(4)5/h1,7-9,11,14H,4-6,10H2,2H3,(H,18,19);2H2,1H3,(H,4,5). The van der Waals surface area contributed by atoms with E-state index in [4.69, 9.17) is 21.4 Å². The van der Waals surface area contributed by atoms with Crippen molar-refractivity contribution < 1.29 is 29.3 Å². The number of benzene rings is 1. The molecule has 0 spiro atoms. The molecule has 0 heterocycles. The third-order valence-corrected chi connectivity index (χ3v) is 3.18. The summed E-state index contributed by atoms with van der Waals surface area (Å²) >= 11 is 0. The first-order valence-corrected chi connectivity index (χ1v) is 8.02. The van der Waals surface area contributed by atoms with Crippen LogP contribution in [0.25, 0.3) is 0 Å². The van der Waals surface area contributed by atoms with Crippen LogP contribution in [-0.4, -0.2) is 34.5 Å². The summed E-state index contributed by atoms with van der Waals surface area (Å²) in [7, 11) is 0. The molecule has 2 N–H and O–H groups in total. The largest absolute Gasteiger partial charge is 0.494 e. The number of ketones is 1. The third kappa shape index (κ3) is 9.16. The van der Waals surface area contributed by atoms with Crippen LogP contribution in [0.3, 0.4) is 0 Å². The van der Waals surface area contributed by atoms with Crippen LogP contribution in [0.5, 0.6) is 5.75 Å². The van der Waals surface area contributed by atoms with Crippen LogP contribution < -0.4 is 4.74 Å². The Bertz CT molecular complexity index is 615. The summed E-state index contributed by atoms with van der Waals surface area (Å²) in [5.74, 6) is -0.178. The second-order valence-electron chi connectivity index (χ2n) is 5.09. The molecular formula is C19H24O6. The number of hydrogen-bond acceptors (Lipinski definition) is 4. The minimum absolute atomic E-state index is 0.222. The Hall–Kier alpha value is -2.81. The van der Waals surface area contributed by atoms with Crippen LogP contribution in [0.15, 0.2) is 24.3 Å². The lowest BCUT2D eigenvalue weighted by atomic mass is 9.95. The molecule has 6 nitrogen and oxygen atoms in total. The highest BCUT2D eigenvalue weighted by Gasteiger charge is 2.25. The minimum atomic E-state index is -1.10. The molecule has 0 amide bonds. The highest BCUT2D eigenvalue weighted by Crippen LogP contribution is 2.18. The van der Waals surface area contributed by atoms with E-state index in [1.54, 1.807) is 38.1 Å². The fraction of sp³-hybridized carbons (Fsp3) is 0.421. The molecule has 25 heavy (non-hydrogen) atoms. The summed E-state index contributed by atoms with van der Waals surface area (Å²) in [6.45, 7) is 3.75. The lowest BCUT2D eigenvalue weighted by Crippen LogP contribution is -2.23. The SMILES string of the molecule is C#CCCCOc1cccc(C(=O)C(CC)C(=O)O)c1.CCC(=O)O. The molecule has 1 atom stereocenters. The fourth-order valence-corrected chi connectivity index (χ4v) is 1.78. The van der Waals surface area contributed by atoms with Crippen LogP contribution in [0.4, 0.5) is 0 Å². The average Bonchev–Trinajstić information content (AvgIpc) is 2.59. The van der Waals surface area contributed by atoms with Crippen molar-refractivity contribution in [1.82, 2.24) is 0 Å². The number of carboxylic acids is 2. The third-order valence-electron chi connectivity index (χ3n) is 3.18. The molecule has 0 radical (unpaired) electrons. The Balaban J connectivity index is 0.00000101. The average molecular weight is 348 g/mol. The van der Waals surface area contributed by atoms with E-state index in [9.17, 15) is 14.4 Å². The maximum Gasteiger partial charge on any atom is 0.314 e. The number of Topliss-reactive ketones (excluding diaryl/α,β-unsaturated/α-hetero) is 1. The van der Waals surface area contributed by atoms with Crippen LogP contribution in [-0.2, 0) is 9.59 Å². The van der Waals surface area contributed by atoms with E-state index in [1.165, 1.54) is 0 Å². The molecule has 0 aliphatic carbocycles. The number of carbonyl (C=O) groups excluding carboxylic acids is 1. The van der Waals surface area contributed by atoms with Crippen molar-refractivity contribution in [3.63, 3.8) is 0 Å². The van der Waals surface area contributed by atoms with E-state index in [1.807, 2.05) is 0 Å². The lowest BCUT2D eigenvalue weighted by Gasteiger charge is -2.10. The van der Waals surface area contributed by atoms with Gasteiger partial charge in [-0.1, -0.05) is 26.0 Å². The number of unbranched alkanes of at least 4 members (excludes halogenated alkanes) is 1. The Kier molecular flexibility index (Phi) is 11.2. The Morgan fingerprint density at radius 2 is 1.88 bits per heavy atom. The molecule has 0 saturated heterocycles. The predicted molar refractivity (Wildman–Crippen MR) is 93.7 cm³/mol.